The minimum atomic E-state index is -0.112. The van der Waals surface area contributed by atoms with Gasteiger partial charge in [0.15, 0.2) is 0 Å². The number of carbonyl (C=O) groups excluding carboxylic acids is 1. The summed E-state index contributed by atoms with van der Waals surface area (Å²) in [6.07, 6.45) is 7.05. The zero-order valence-electron chi connectivity index (χ0n) is 8.54. The summed E-state index contributed by atoms with van der Waals surface area (Å²) in [6.45, 7) is 0. The van der Waals surface area contributed by atoms with Crippen LogP contribution in [0.1, 0.15) is 44.9 Å². The van der Waals surface area contributed by atoms with E-state index in [0.717, 1.165) is 38.5 Å². The van der Waals surface area contributed by atoms with Crippen molar-refractivity contribution >= 4 is 5.78 Å². The van der Waals surface area contributed by atoms with Crippen LogP contribution in [0, 0.1) is 17.3 Å². The molecule has 0 aliphatic heterocycles. The van der Waals surface area contributed by atoms with E-state index >= 15 is 0 Å². The summed E-state index contributed by atoms with van der Waals surface area (Å²) in [4.78, 5) is 11.6. The first-order valence-electron chi connectivity index (χ1n) is 5.93. The summed E-state index contributed by atoms with van der Waals surface area (Å²) in [7, 11) is 0. The molecular formula is C12H18O2. The number of carbonyl (C=O) groups is 1. The number of fused-ring (bicyclic) bond motifs is 1. The van der Waals surface area contributed by atoms with Crippen LogP contribution in [0.5, 0.6) is 0 Å². The molecule has 3 rings (SSSR count). The lowest BCUT2D eigenvalue weighted by Crippen LogP contribution is -2.43. The lowest BCUT2D eigenvalue weighted by molar-refractivity contribution is -0.127. The van der Waals surface area contributed by atoms with Gasteiger partial charge in [0.25, 0.3) is 0 Å². The van der Waals surface area contributed by atoms with E-state index in [0.29, 0.717) is 17.6 Å². The summed E-state index contributed by atoms with van der Waals surface area (Å²) in [5.74, 6) is 1.43. The van der Waals surface area contributed by atoms with Gasteiger partial charge in [-0.15, -0.1) is 0 Å². The van der Waals surface area contributed by atoms with Crippen molar-refractivity contribution < 1.29 is 9.90 Å². The Bertz CT molecular complexity index is 273. The van der Waals surface area contributed by atoms with Crippen LogP contribution in [-0.2, 0) is 4.79 Å². The molecule has 0 aromatic carbocycles. The van der Waals surface area contributed by atoms with Crippen molar-refractivity contribution in [1.29, 1.82) is 0 Å². The molecule has 1 unspecified atom stereocenters. The Morgan fingerprint density at radius 1 is 1.36 bits per heavy atom. The topological polar surface area (TPSA) is 37.3 Å². The van der Waals surface area contributed by atoms with Crippen molar-refractivity contribution in [1.82, 2.24) is 0 Å². The molecule has 1 spiro atoms. The van der Waals surface area contributed by atoms with Crippen LogP contribution in [0.25, 0.3) is 0 Å². The van der Waals surface area contributed by atoms with Gasteiger partial charge >= 0.3 is 0 Å². The van der Waals surface area contributed by atoms with E-state index < -0.39 is 0 Å². The molecule has 0 amide bonds. The fourth-order valence-corrected chi connectivity index (χ4v) is 4.22. The zero-order valence-corrected chi connectivity index (χ0v) is 8.54. The molecule has 2 heteroatoms. The largest absolute Gasteiger partial charge is 0.393 e. The molecule has 3 aliphatic rings. The Morgan fingerprint density at radius 3 is 3.07 bits per heavy atom. The van der Waals surface area contributed by atoms with Crippen molar-refractivity contribution in [3.05, 3.63) is 0 Å². The lowest BCUT2D eigenvalue weighted by Gasteiger charge is -2.44. The van der Waals surface area contributed by atoms with Crippen LogP contribution in [0.3, 0.4) is 0 Å². The van der Waals surface area contributed by atoms with Crippen molar-refractivity contribution in [3.8, 4) is 0 Å². The van der Waals surface area contributed by atoms with Gasteiger partial charge in [-0.2, -0.15) is 0 Å². The Balaban J connectivity index is 1.95. The number of ketones is 1. The highest BCUT2D eigenvalue weighted by Crippen LogP contribution is 2.59. The summed E-state index contributed by atoms with van der Waals surface area (Å²) >= 11 is 0. The normalized spacial score (nSPS) is 51.8. The predicted molar refractivity (Wildman–Crippen MR) is 52.7 cm³/mol. The molecule has 78 valence electrons. The molecule has 2 bridgehead atoms. The molecule has 3 aliphatic carbocycles. The molecule has 2 nitrogen and oxygen atoms in total. The highest BCUT2D eigenvalue weighted by molar-refractivity contribution is 5.82. The van der Waals surface area contributed by atoms with Crippen molar-refractivity contribution in [3.63, 3.8) is 0 Å². The van der Waals surface area contributed by atoms with Gasteiger partial charge in [0.1, 0.15) is 5.78 Å². The first-order valence-corrected chi connectivity index (χ1v) is 5.93. The third-order valence-electron chi connectivity index (χ3n) is 4.99. The maximum atomic E-state index is 11.6. The van der Waals surface area contributed by atoms with Gasteiger partial charge in [0.05, 0.1) is 6.10 Å². The molecule has 4 atom stereocenters. The fraction of sp³-hybridized carbons (Fsp3) is 0.917. The molecule has 0 aromatic rings. The molecule has 0 heterocycles. The van der Waals surface area contributed by atoms with E-state index in [2.05, 4.69) is 0 Å². The van der Waals surface area contributed by atoms with E-state index in [1.807, 2.05) is 0 Å². The van der Waals surface area contributed by atoms with Gasteiger partial charge in [-0.05, 0) is 38.0 Å². The minimum Gasteiger partial charge on any atom is -0.393 e. The highest BCUT2D eigenvalue weighted by Gasteiger charge is 2.56. The molecule has 14 heavy (non-hydrogen) atoms. The maximum absolute atomic E-state index is 11.6. The molecule has 3 saturated carbocycles. The predicted octanol–water partition coefficient (Wildman–Crippen LogP) is 1.91. The maximum Gasteiger partial charge on any atom is 0.136 e. The zero-order chi connectivity index (χ0) is 9.76. The van der Waals surface area contributed by atoms with E-state index in [9.17, 15) is 9.90 Å². The second-order valence-electron chi connectivity index (χ2n) is 5.48. The second kappa shape index (κ2) is 2.82. The Kier molecular flexibility index (Phi) is 1.79. The Labute approximate surface area is 84.7 Å². The molecule has 3 fully saturated rings. The van der Waals surface area contributed by atoms with Crippen LogP contribution in [0.15, 0.2) is 0 Å². The Morgan fingerprint density at radius 2 is 2.21 bits per heavy atom. The van der Waals surface area contributed by atoms with Crippen LogP contribution < -0.4 is 0 Å². The Hall–Kier alpha value is -0.370. The molecule has 1 N–H and O–H groups in total. The average Bonchev–Trinajstić information content (AvgIpc) is 2.50. The smallest absolute Gasteiger partial charge is 0.136 e. The van der Waals surface area contributed by atoms with E-state index in [-0.39, 0.29) is 11.5 Å². The summed E-state index contributed by atoms with van der Waals surface area (Å²) in [5.41, 5.74) is 0.164. The van der Waals surface area contributed by atoms with Crippen molar-refractivity contribution in [2.24, 2.45) is 17.3 Å². The monoisotopic (exact) mass is 194 g/mol. The van der Waals surface area contributed by atoms with E-state index in [4.69, 9.17) is 0 Å². The number of hydrogen-bond donors (Lipinski definition) is 1. The van der Waals surface area contributed by atoms with Gasteiger partial charge < -0.3 is 5.11 Å². The highest BCUT2D eigenvalue weighted by atomic mass is 16.3. The molecule has 0 radical (unpaired) electrons. The quantitative estimate of drug-likeness (QED) is 0.639. The van der Waals surface area contributed by atoms with E-state index in [1.54, 1.807) is 0 Å². The standard InChI is InChI=1S/C12H18O2/c13-10-4-5-12-7-8(10)6-9(12)2-1-3-11(12)14/h8-9,11,14H,1-7H2/t8?,9-,11-,12+/m0/s1. The average molecular weight is 194 g/mol. The van der Waals surface area contributed by atoms with Gasteiger partial charge in [0.2, 0.25) is 0 Å². The SMILES string of the molecule is O=C1CC[C@@]23CC1C[C@@H]2CCC[C@@H]3O. The van der Waals surface area contributed by atoms with Crippen LogP contribution in [-0.4, -0.2) is 17.0 Å². The third-order valence-corrected chi connectivity index (χ3v) is 4.99. The molecule has 0 saturated heterocycles. The number of aliphatic hydroxyl groups excluding tert-OH is 1. The van der Waals surface area contributed by atoms with Gasteiger partial charge in [-0.3, -0.25) is 4.79 Å². The number of Topliss-reactive ketones (excluding diaryl/α,β-unsaturated/α-hetero) is 1. The first kappa shape index (κ1) is 8.90. The number of aliphatic hydroxyl groups is 1. The number of rotatable bonds is 0. The van der Waals surface area contributed by atoms with Gasteiger partial charge in [-0.25, -0.2) is 0 Å². The fourth-order valence-electron chi connectivity index (χ4n) is 4.22. The molecular weight excluding hydrogens is 176 g/mol. The van der Waals surface area contributed by atoms with Gasteiger partial charge in [0, 0.05) is 17.8 Å². The van der Waals surface area contributed by atoms with Crippen LogP contribution in [0.4, 0.5) is 0 Å². The van der Waals surface area contributed by atoms with Crippen LogP contribution >= 0.6 is 0 Å². The summed E-state index contributed by atoms with van der Waals surface area (Å²) in [5, 5.41) is 10.2. The summed E-state index contributed by atoms with van der Waals surface area (Å²) < 4.78 is 0. The van der Waals surface area contributed by atoms with Gasteiger partial charge in [-0.1, -0.05) is 6.42 Å². The van der Waals surface area contributed by atoms with Crippen LogP contribution in [0.2, 0.25) is 0 Å². The first-order chi connectivity index (χ1) is 6.72. The minimum absolute atomic E-state index is 0.112. The number of hydrogen-bond acceptors (Lipinski definition) is 2. The van der Waals surface area contributed by atoms with Crippen molar-refractivity contribution in [2.45, 2.75) is 51.0 Å². The lowest BCUT2D eigenvalue weighted by atomic mass is 9.62. The molecule has 0 aromatic heterocycles. The third kappa shape index (κ3) is 0.979. The second-order valence-corrected chi connectivity index (χ2v) is 5.48. The van der Waals surface area contributed by atoms with Crippen molar-refractivity contribution in [2.75, 3.05) is 0 Å². The van der Waals surface area contributed by atoms with E-state index in [1.165, 1.54) is 6.42 Å². The summed E-state index contributed by atoms with van der Waals surface area (Å²) in [6, 6.07) is 0.